The van der Waals surface area contributed by atoms with E-state index in [-0.39, 0.29) is 24.9 Å². The minimum absolute atomic E-state index is 0.0725. The number of carbonyl (C=O) groups excluding carboxylic acids is 1. The number of rotatable bonds is 6. The average molecular weight is 353 g/mol. The van der Waals surface area contributed by atoms with Gasteiger partial charge in [-0.3, -0.25) is 4.79 Å². The predicted molar refractivity (Wildman–Crippen MR) is 85.1 cm³/mol. The van der Waals surface area contributed by atoms with Crippen molar-refractivity contribution in [3.63, 3.8) is 0 Å². The first-order valence-electron chi connectivity index (χ1n) is 6.27. The molecular weight excluding hydrogens is 335 g/mol. The van der Waals surface area contributed by atoms with E-state index in [0.29, 0.717) is 10.0 Å². The number of sulfonamides is 1. The summed E-state index contributed by atoms with van der Waals surface area (Å²) in [6, 6.07) is 4.87. The molecule has 0 aliphatic carbocycles. The van der Waals surface area contributed by atoms with Crippen molar-refractivity contribution in [1.82, 2.24) is 9.62 Å². The van der Waals surface area contributed by atoms with E-state index in [2.05, 4.69) is 4.72 Å². The Bertz CT molecular complexity index is 620. The first kappa shape index (κ1) is 18.2. The Hall–Kier alpha value is -0.820. The highest BCUT2D eigenvalue weighted by Gasteiger charge is 2.19. The molecule has 0 heterocycles. The van der Waals surface area contributed by atoms with Gasteiger partial charge in [-0.2, -0.15) is 0 Å². The zero-order valence-electron chi connectivity index (χ0n) is 12.1. The number of halogens is 2. The zero-order chi connectivity index (χ0) is 16.2. The van der Waals surface area contributed by atoms with E-state index >= 15 is 0 Å². The fourth-order valence-corrected chi connectivity index (χ4v) is 2.82. The fraction of sp³-hybridized carbons (Fsp3) is 0.462. The van der Waals surface area contributed by atoms with Gasteiger partial charge in [0.05, 0.1) is 12.3 Å². The molecule has 0 aliphatic heterocycles. The Kier molecular flexibility index (Phi) is 6.46. The quantitative estimate of drug-likeness (QED) is 0.854. The largest absolute Gasteiger partial charge is 0.339 e. The van der Waals surface area contributed by atoms with Crippen LogP contribution < -0.4 is 4.72 Å². The van der Waals surface area contributed by atoms with E-state index in [0.717, 1.165) is 11.8 Å². The van der Waals surface area contributed by atoms with Crippen LogP contribution in [0.5, 0.6) is 0 Å². The van der Waals surface area contributed by atoms with Crippen molar-refractivity contribution in [2.75, 3.05) is 19.8 Å². The molecule has 21 heavy (non-hydrogen) atoms. The molecule has 0 saturated carbocycles. The normalized spacial score (nSPS) is 13.0. The molecule has 0 bridgehead atoms. The maximum atomic E-state index is 12.0. The topological polar surface area (TPSA) is 66.5 Å². The van der Waals surface area contributed by atoms with Gasteiger partial charge in [-0.15, -0.1) is 0 Å². The van der Waals surface area contributed by atoms with E-state index in [1.54, 1.807) is 25.2 Å². The second-order valence-electron chi connectivity index (χ2n) is 4.76. The van der Waals surface area contributed by atoms with Gasteiger partial charge in [0.1, 0.15) is 0 Å². The van der Waals surface area contributed by atoms with Crippen LogP contribution in [0.2, 0.25) is 10.0 Å². The fourth-order valence-electron chi connectivity index (χ4n) is 1.78. The molecule has 118 valence electrons. The second kappa shape index (κ2) is 7.45. The van der Waals surface area contributed by atoms with E-state index in [1.807, 2.05) is 6.92 Å². The third kappa shape index (κ3) is 5.82. The Morgan fingerprint density at radius 1 is 1.38 bits per heavy atom. The number of hydrogen-bond donors (Lipinski definition) is 1. The van der Waals surface area contributed by atoms with Crippen LogP contribution in [0.15, 0.2) is 18.2 Å². The Morgan fingerprint density at radius 2 is 2.00 bits per heavy atom. The van der Waals surface area contributed by atoms with Crippen LogP contribution in [0.1, 0.15) is 24.9 Å². The number of hydrogen-bond acceptors (Lipinski definition) is 3. The summed E-state index contributed by atoms with van der Waals surface area (Å²) < 4.78 is 24.2. The van der Waals surface area contributed by atoms with Crippen molar-refractivity contribution in [2.24, 2.45) is 0 Å². The van der Waals surface area contributed by atoms with Gasteiger partial charge in [-0.05, 0) is 24.6 Å². The third-order valence-electron chi connectivity index (χ3n) is 3.09. The maximum absolute atomic E-state index is 12.0. The molecule has 8 heteroatoms. The average Bonchev–Trinajstić information content (AvgIpc) is 2.35. The maximum Gasteiger partial charge on any atom is 0.224 e. The van der Waals surface area contributed by atoms with Gasteiger partial charge < -0.3 is 4.90 Å². The van der Waals surface area contributed by atoms with Crippen LogP contribution in [0.4, 0.5) is 0 Å². The number of benzene rings is 1. The van der Waals surface area contributed by atoms with E-state index < -0.39 is 10.0 Å². The van der Waals surface area contributed by atoms with Gasteiger partial charge in [0.15, 0.2) is 0 Å². The first-order valence-corrected chi connectivity index (χ1v) is 8.92. The molecule has 0 saturated heterocycles. The summed E-state index contributed by atoms with van der Waals surface area (Å²) in [5.41, 5.74) is 0.785. The number of carbonyl (C=O) groups is 1. The monoisotopic (exact) mass is 352 g/mol. The van der Waals surface area contributed by atoms with Crippen molar-refractivity contribution in [2.45, 2.75) is 19.4 Å². The summed E-state index contributed by atoms with van der Waals surface area (Å²) in [6.07, 6.45) is 1.14. The van der Waals surface area contributed by atoms with Crippen LogP contribution in [-0.4, -0.2) is 39.1 Å². The summed E-state index contributed by atoms with van der Waals surface area (Å²) in [4.78, 5) is 13.6. The minimum atomic E-state index is -3.29. The second-order valence-corrected chi connectivity index (χ2v) is 7.44. The van der Waals surface area contributed by atoms with Crippen LogP contribution in [0.3, 0.4) is 0 Å². The molecule has 5 nitrogen and oxygen atoms in total. The summed E-state index contributed by atoms with van der Waals surface area (Å²) in [6.45, 7) is 1.92. The molecule has 1 amide bonds. The molecule has 1 N–H and O–H groups in total. The van der Waals surface area contributed by atoms with Gasteiger partial charge in [0.25, 0.3) is 0 Å². The third-order valence-corrected chi connectivity index (χ3v) is 4.38. The van der Waals surface area contributed by atoms with Gasteiger partial charge >= 0.3 is 0 Å². The zero-order valence-corrected chi connectivity index (χ0v) is 14.4. The SMILES string of the molecule is CC(c1ccc(Cl)cc1Cl)N(C)C(=O)CCNS(C)(=O)=O. The molecule has 0 aliphatic rings. The summed E-state index contributed by atoms with van der Waals surface area (Å²) in [7, 11) is -1.63. The number of nitrogens with one attached hydrogen (secondary N) is 1. The Balaban J connectivity index is 2.69. The Morgan fingerprint density at radius 3 is 2.52 bits per heavy atom. The van der Waals surface area contributed by atoms with E-state index in [9.17, 15) is 13.2 Å². The lowest BCUT2D eigenvalue weighted by Gasteiger charge is -2.26. The van der Waals surface area contributed by atoms with Crippen LogP contribution in [-0.2, 0) is 14.8 Å². The van der Waals surface area contributed by atoms with Crippen molar-refractivity contribution in [1.29, 1.82) is 0 Å². The van der Waals surface area contributed by atoms with Crippen LogP contribution in [0.25, 0.3) is 0 Å². The van der Waals surface area contributed by atoms with Gasteiger partial charge in [-0.25, -0.2) is 13.1 Å². The molecule has 1 aromatic carbocycles. The lowest BCUT2D eigenvalue weighted by atomic mass is 10.1. The lowest BCUT2D eigenvalue weighted by Crippen LogP contribution is -2.33. The molecule has 1 rings (SSSR count). The van der Waals surface area contributed by atoms with Gasteiger partial charge in [-0.1, -0.05) is 29.3 Å². The smallest absolute Gasteiger partial charge is 0.224 e. The first-order chi connectivity index (χ1) is 9.61. The van der Waals surface area contributed by atoms with Gasteiger partial charge in [0.2, 0.25) is 15.9 Å². The molecular formula is C13H18Cl2N2O3S. The van der Waals surface area contributed by atoms with Crippen molar-refractivity contribution >= 4 is 39.1 Å². The molecule has 1 unspecified atom stereocenters. The molecule has 0 fully saturated rings. The van der Waals surface area contributed by atoms with E-state index in [1.165, 1.54) is 4.90 Å². The molecule has 0 aromatic heterocycles. The summed E-state index contributed by atoms with van der Waals surface area (Å²) in [5, 5.41) is 1.02. The predicted octanol–water partition coefficient (Wildman–Crippen LogP) is 2.45. The summed E-state index contributed by atoms with van der Waals surface area (Å²) in [5.74, 6) is -0.176. The number of nitrogens with zero attached hydrogens (tertiary/aromatic N) is 1. The highest BCUT2D eigenvalue weighted by Crippen LogP contribution is 2.29. The highest BCUT2D eigenvalue weighted by molar-refractivity contribution is 7.88. The van der Waals surface area contributed by atoms with Gasteiger partial charge in [0, 0.05) is 30.1 Å². The minimum Gasteiger partial charge on any atom is -0.339 e. The highest BCUT2D eigenvalue weighted by atomic mass is 35.5. The molecule has 1 aromatic rings. The van der Waals surface area contributed by atoms with Crippen molar-refractivity contribution in [3.8, 4) is 0 Å². The molecule has 1 atom stereocenters. The summed E-state index contributed by atoms with van der Waals surface area (Å²) >= 11 is 12.0. The van der Waals surface area contributed by atoms with Crippen molar-refractivity contribution in [3.05, 3.63) is 33.8 Å². The molecule has 0 spiro atoms. The van der Waals surface area contributed by atoms with Crippen LogP contribution >= 0.6 is 23.2 Å². The van der Waals surface area contributed by atoms with Crippen molar-refractivity contribution < 1.29 is 13.2 Å². The van der Waals surface area contributed by atoms with E-state index in [4.69, 9.17) is 23.2 Å². The number of amides is 1. The Labute approximate surface area is 135 Å². The lowest BCUT2D eigenvalue weighted by molar-refractivity contribution is -0.131. The standard InChI is InChI=1S/C13H18Cl2N2O3S/c1-9(11-5-4-10(14)8-12(11)15)17(2)13(18)6-7-16-21(3,19)20/h4-5,8-9,16H,6-7H2,1-3H3. The molecule has 0 radical (unpaired) electrons. The van der Waals surface area contributed by atoms with Crippen LogP contribution in [0, 0.1) is 0 Å².